The van der Waals surface area contributed by atoms with E-state index in [1.165, 1.54) is 5.56 Å². The van der Waals surface area contributed by atoms with Crippen LogP contribution in [0.15, 0.2) is 47.0 Å². The summed E-state index contributed by atoms with van der Waals surface area (Å²) < 4.78 is 16.4. The largest absolute Gasteiger partial charge is 0.493 e. The van der Waals surface area contributed by atoms with Crippen LogP contribution < -0.4 is 9.47 Å². The molecule has 1 fully saturated rings. The Morgan fingerprint density at radius 2 is 1.81 bits per heavy atom. The molecule has 168 valence electrons. The Morgan fingerprint density at radius 1 is 1.06 bits per heavy atom. The molecule has 0 radical (unpaired) electrons. The van der Waals surface area contributed by atoms with Crippen molar-refractivity contribution in [3.63, 3.8) is 0 Å². The van der Waals surface area contributed by atoms with Crippen LogP contribution in [0.3, 0.4) is 0 Å². The number of carbonyl (C=O) groups excluding carboxylic acids is 1. The molecule has 32 heavy (non-hydrogen) atoms. The third-order valence-corrected chi connectivity index (χ3v) is 5.51. The maximum Gasteiger partial charge on any atom is 0.254 e. The summed E-state index contributed by atoms with van der Waals surface area (Å²) >= 11 is 0. The second-order valence-electron chi connectivity index (χ2n) is 7.74. The molecular weight excluding hydrogens is 408 g/mol. The highest BCUT2D eigenvalue weighted by Gasteiger charge is 2.24. The third kappa shape index (κ3) is 4.91. The predicted molar refractivity (Wildman–Crippen MR) is 120 cm³/mol. The number of hydrogen-bond acceptors (Lipinski definition) is 7. The topological polar surface area (TPSA) is 80.9 Å². The van der Waals surface area contributed by atoms with Crippen molar-refractivity contribution in [1.82, 2.24) is 19.9 Å². The minimum atomic E-state index is -0.00676. The number of aryl methyl sites for hydroxylation is 1. The van der Waals surface area contributed by atoms with E-state index in [9.17, 15) is 4.79 Å². The van der Waals surface area contributed by atoms with E-state index in [0.29, 0.717) is 55.0 Å². The number of rotatable bonds is 7. The van der Waals surface area contributed by atoms with Crippen molar-refractivity contribution in [1.29, 1.82) is 0 Å². The van der Waals surface area contributed by atoms with Gasteiger partial charge in [0, 0.05) is 37.3 Å². The average Bonchev–Trinajstić information content (AvgIpc) is 3.28. The van der Waals surface area contributed by atoms with Crippen LogP contribution in [0.4, 0.5) is 0 Å². The molecule has 0 aliphatic carbocycles. The summed E-state index contributed by atoms with van der Waals surface area (Å²) in [6.45, 7) is 7.76. The standard InChI is InChI=1S/C24H28N4O4/c1-4-31-21-15-19(9-10-20(21)30-3)24(29)28-13-11-27(12-14-28)16-22-25-23(26-32-22)18-7-5-17(2)6-8-18/h5-10,15H,4,11-14,16H2,1-3H3. The number of piperazine rings is 1. The minimum Gasteiger partial charge on any atom is -0.493 e. The Balaban J connectivity index is 1.34. The van der Waals surface area contributed by atoms with Crippen molar-refractivity contribution >= 4 is 5.91 Å². The first-order chi connectivity index (χ1) is 15.6. The molecule has 8 heteroatoms. The van der Waals surface area contributed by atoms with Crippen molar-refractivity contribution < 1.29 is 18.8 Å². The molecule has 0 N–H and O–H groups in total. The molecule has 1 aromatic heterocycles. The van der Waals surface area contributed by atoms with Gasteiger partial charge in [-0.3, -0.25) is 9.69 Å². The van der Waals surface area contributed by atoms with Crippen LogP contribution in [0.5, 0.6) is 11.5 Å². The van der Waals surface area contributed by atoms with Gasteiger partial charge in [-0.05, 0) is 32.0 Å². The fourth-order valence-corrected chi connectivity index (χ4v) is 3.70. The monoisotopic (exact) mass is 436 g/mol. The lowest BCUT2D eigenvalue weighted by Gasteiger charge is -2.34. The van der Waals surface area contributed by atoms with Crippen LogP contribution >= 0.6 is 0 Å². The first-order valence-corrected chi connectivity index (χ1v) is 10.8. The molecule has 4 rings (SSSR count). The number of nitrogens with zero attached hydrogens (tertiary/aromatic N) is 4. The molecule has 2 heterocycles. The highest BCUT2D eigenvalue weighted by molar-refractivity contribution is 5.95. The number of amides is 1. The van der Waals surface area contributed by atoms with Crippen LogP contribution in [0.1, 0.15) is 28.7 Å². The SMILES string of the molecule is CCOc1cc(C(=O)N2CCN(Cc3nc(-c4ccc(C)cc4)no3)CC2)ccc1OC. The van der Waals surface area contributed by atoms with Gasteiger partial charge in [0.05, 0.1) is 20.3 Å². The summed E-state index contributed by atoms with van der Waals surface area (Å²) in [5, 5.41) is 4.10. The van der Waals surface area contributed by atoms with Gasteiger partial charge in [-0.15, -0.1) is 0 Å². The number of benzene rings is 2. The van der Waals surface area contributed by atoms with E-state index >= 15 is 0 Å². The molecule has 0 atom stereocenters. The zero-order valence-electron chi connectivity index (χ0n) is 18.7. The first-order valence-electron chi connectivity index (χ1n) is 10.8. The van der Waals surface area contributed by atoms with Gasteiger partial charge < -0.3 is 18.9 Å². The summed E-state index contributed by atoms with van der Waals surface area (Å²) in [6, 6.07) is 13.3. The van der Waals surface area contributed by atoms with Crippen LogP contribution in [-0.4, -0.2) is 65.7 Å². The van der Waals surface area contributed by atoms with Crippen molar-refractivity contribution in [2.45, 2.75) is 20.4 Å². The van der Waals surface area contributed by atoms with Gasteiger partial charge in [0.2, 0.25) is 11.7 Å². The van der Waals surface area contributed by atoms with Crippen molar-refractivity contribution in [2.75, 3.05) is 39.9 Å². The molecular formula is C24H28N4O4. The molecule has 1 amide bonds. The normalized spacial score (nSPS) is 14.4. The van der Waals surface area contributed by atoms with Crippen LogP contribution in [-0.2, 0) is 6.54 Å². The summed E-state index contributed by atoms with van der Waals surface area (Å²) in [6.07, 6.45) is 0. The lowest BCUT2D eigenvalue weighted by Crippen LogP contribution is -2.48. The Labute approximate surface area is 187 Å². The van der Waals surface area contributed by atoms with E-state index in [1.54, 1.807) is 25.3 Å². The van der Waals surface area contributed by atoms with E-state index in [2.05, 4.69) is 15.0 Å². The zero-order valence-corrected chi connectivity index (χ0v) is 18.7. The van der Waals surface area contributed by atoms with E-state index in [1.807, 2.05) is 43.0 Å². The van der Waals surface area contributed by atoms with Gasteiger partial charge in [-0.2, -0.15) is 4.98 Å². The van der Waals surface area contributed by atoms with Crippen molar-refractivity contribution in [2.24, 2.45) is 0 Å². The molecule has 0 bridgehead atoms. The summed E-state index contributed by atoms with van der Waals surface area (Å²) in [5.74, 6) is 2.38. The van der Waals surface area contributed by atoms with Crippen LogP contribution in [0.25, 0.3) is 11.4 Å². The van der Waals surface area contributed by atoms with Gasteiger partial charge in [0.1, 0.15) is 0 Å². The maximum absolute atomic E-state index is 13.0. The molecule has 0 unspecified atom stereocenters. The lowest BCUT2D eigenvalue weighted by molar-refractivity contribution is 0.0614. The van der Waals surface area contributed by atoms with Gasteiger partial charge in [0.15, 0.2) is 11.5 Å². The summed E-state index contributed by atoms with van der Waals surface area (Å²) in [5.41, 5.74) is 2.72. The number of hydrogen-bond donors (Lipinski definition) is 0. The van der Waals surface area contributed by atoms with Crippen molar-refractivity contribution in [3.8, 4) is 22.9 Å². The Hall–Kier alpha value is -3.39. The van der Waals surface area contributed by atoms with E-state index < -0.39 is 0 Å². The maximum atomic E-state index is 13.0. The number of methoxy groups -OCH3 is 1. The van der Waals surface area contributed by atoms with Gasteiger partial charge in [0.25, 0.3) is 5.91 Å². The molecule has 0 saturated carbocycles. The average molecular weight is 437 g/mol. The van der Waals surface area contributed by atoms with E-state index in [0.717, 1.165) is 18.7 Å². The second kappa shape index (κ2) is 9.82. The minimum absolute atomic E-state index is 0.00676. The molecule has 1 aliphatic rings. The molecule has 0 spiro atoms. The molecule has 8 nitrogen and oxygen atoms in total. The van der Waals surface area contributed by atoms with E-state index in [4.69, 9.17) is 14.0 Å². The van der Waals surface area contributed by atoms with E-state index in [-0.39, 0.29) is 5.91 Å². The highest BCUT2D eigenvalue weighted by Crippen LogP contribution is 2.28. The Kier molecular flexibility index (Phi) is 6.70. The molecule has 1 aliphatic heterocycles. The van der Waals surface area contributed by atoms with Crippen LogP contribution in [0.2, 0.25) is 0 Å². The third-order valence-electron chi connectivity index (χ3n) is 5.51. The van der Waals surface area contributed by atoms with Gasteiger partial charge >= 0.3 is 0 Å². The first kappa shape index (κ1) is 21.8. The lowest BCUT2D eigenvalue weighted by atomic mass is 10.1. The fraction of sp³-hybridized carbons (Fsp3) is 0.375. The molecule has 3 aromatic rings. The number of carbonyl (C=O) groups is 1. The Bertz CT molecular complexity index is 1060. The quantitative estimate of drug-likeness (QED) is 0.561. The van der Waals surface area contributed by atoms with Crippen molar-refractivity contribution in [3.05, 3.63) is 59.5 Å². The Morgan fingerprint density at radius 3 is 2.50 bits per heavy atom. The van der Waals surface area contributed by atoms with Gasteiger partial charge in [-0.25, -0.2) is 0 Å². The van der Waals surface area contributed by atoms with Gasteiger partial charge in [-0.1, -0.05) is 35.0 Å². The van der Waals surface area contributed by atoms with Crippen LogP contribution in [0, 0.1) is 6.92 Å². The smallest absolute Gasteiger partial charge is 0.254 e. The summed E-state index contributed by atoms with van der Waals surface area (Å²) in [7, 11) is 1.59. The molecule has 2 aromatic carbocycles. The molecule has 1 saturated heterocycles. The summed E-state index contributed by atoms with van der Waals surface area (Å²) in [4.78, 5) is 21.6. The number of aromatic nitrogens is 2. The predicted octanol–water partition coefficient (Wildman–Crippen LogP) is 3.41. The number of ether oxygens (including phenoxy) is 2. The fourth-order valence-electron chi connectivity index (χ4n) is 3.70. The second-order valence-corrected chi connectivity index (χ2v) is 7.74. The highest BCUT2D eigenvalue weighted by atomic mass is 16.5. The zero-order chi connectivity index (χ0) is 22.5.